The van der Waals surface area contributed by atoms with Gasteiger partial charge in [-0.15, -0.1) is 11.6 Å². The molecule has 0 radical (unpaired) electrons. The second-order valence-corrected chi connectivity index (χ2v) is 6.96. The van der Waals surface area contributed by atoms with Crippen molar-refractivity contribution in [3.05, 3.63) is 10.6 Å². The highest BCUT2D eigenvalue weighted by Crippen LogP contribution is 2.28. The van der Waals surface area contributed by atoms with E-state index in [2.05, 4.69) is 15.6 Å². The Morgan fingerprint density at radius 3 is 2.91 bits per heavy atom. The van der Waals surface area contributed by atoms with Crippen LogP contribution in [-0.2, 0) is 17.8 Å². The van der Waals surface area contributed by atoms with E-state index in [4.69, 9.17) is 11.6 Å². The lowest BCUT2D eigenvalue weighted by atomic mass is 10.1. The Kier molecular flexibility index (Phi) is 6.02. The van der Waals surface area contributed by atoms with Gasteiger partial charge in [0.15, 0.2) is 5.13 Å². The first kappa shape index (κ1) is 17.0. The number of anilines is 1. The molecular weight excluding hydrogens is 324 g/mol. The van der Waals surface area contributed by atoms with E-state index in [1.54, 1.807) is 0 Å². The van der Waals surface area contributed by atoms with Gasteiger partial charge in [0.2, 0.25) is 5.91 Å². The number of aromatic nitrogens is 1. The smallest absolute Gasteiger partial charge is 0.321 e. The Morgan fingerprint density at radius 2 is 2.23 bits per heavy atom. The van der Waals surface area contributed by atoms with E-state index in [0.717, 1.165) is 17.0 Å². The van der Waals surface area contributed by atoms with E-state index in [9.17, 15) is 9.59 Å². The zero-order valence-corrected chi connectivity index (χ0v) is 14.4. The van der Waals surface area contributed by atoms with Crippen LogP contribution in [0.1, 0.15) is 37.3 Å². The van der Waals surface area contributed by atoms with Crippen molar-refractivity contribution in [3.63, 3.8) is 0 Å². The molecule has 0 atom stereocenters. The van der Waals surface area contributed by atoms with Crippen LogP contribution in [0.5, 0.6) is 0 Å². The molecule has 0 bridgehead atoms. The van der Waals surface area contributed by atoms with Crippen LogP contribution >= 0.6 is 22.9 Å². The van der Waals surface area contributed by atoms with Crippen molar-refractivity contribution in [2.24, 2.45) is 0 Å². The Balaban J connectivity index is 1.95. The molecule has 22 heavy (non-hydrogen) atoms. The molecule has 2 rings (SSSR count). The van der Waals surface area contributed by atoms with Gasteiger partial charge in [0.05, 0.1) is 12.2 Å². The maximum absolute atomic E-state index is 12.0. The van der Waals surface area contributed by atoms with E-state index in [-0.39, 0.29) is 18.0 Å². The molecule has 6 nitrogen and oxygen atoms in total. The van der Waals surface area contributed by atoms with Gasteiger partial charge in [0, 0.05) is 36.2 Å². The van der Waals surface area contributed by atoms with Crippen LogP contribution in [0.3, 0.4) is 0 Å². The van der Waals surface area contributed by atoms with Crippen molar-refractivity contribution < 1.29 is 9.59 Å². The highest BCUT2D eigenvalue weighted by molar-refractivity contribution is 7.15. The van der Waals surface area contributed by atoms with E-state index in [1.165, 1.54) is 11.3 Å². The molecule has 3 amide bonds. The fraction of sp³-hybridized carbons (Fsp3) is 0.643. The molecule has 0 fully saturated rings. The number of amides is 3. The summed E-state index contributed by atoms with van der Waals surface area (Å²) in [6.45, 7) is 5.05. The Labute approximate surface area is 139 Å². The molecule has 1 aliphatic heterocycles. The second kappa shape index (κ2) is 7.78. The number of nitrogens with one attached hydrogen (secondary N) is 2. The molecule has 0 aliphatic carbocycles. The minimum atomic E-state index is -0.254. The maximum Gasteiger partial charge on any atom is 0.321 e. The van der Waals surface area contributed by atoms with Crippen molar-refractivity contribution in [1.82, 2.24) is 15.2 Å². The molecule has 1 aromatic rings. The van der Waals surface area contributed by atoms with Gasteiger partial charge in [0.25, 0.3) is 0 Å². The normalized spacial score (nSPS) is 13.9. The summed E-state index contributed by atoms with van der Waals surface area (Å²) in [5.74, 6) is 0.636. The number of carbonyl (C=O) groups is 2. The highest BCUT2D eigenvalue weighted by Gasteiger charge is 2.24. The largest absolute Gasteiger partial charge is 0.337 e. The van der Waals surface area contributed by atoms with Gasteiger partial charge < -0.3 is 10.2 Å². The average Bonchev–Trinajstić information content (AvgIpc) is 2.84. The molecule has 8 heteroatoms. The average molecular weight is 345 g/mol. The number of fused-ring (bicyclic) bond motifs is 1. The lowest BCUT2D eigenvalue weighted by Gasteiger charge is -2.26. The molecule has 0 spiro atoms. The Morgan fingerprint density at radius 1 is 1.45 bits per heavy atom. The van der Waals surface area contributed by atoms with E-state index < -0.39 is 0 Å². The van der Waals surface area contributed by atoms with E-state index >= 15 is 0 Å². The molecule has 0 saturated carbocycles. The standard InChI is InChI=1S/C14H21ClN4O2S/c1-9(2)16-13(21)18-14-17-10-5-7-19(8-11(10)22-14)12(20)4-3-6-15/h9H,3-8H2,1-2H3,(H2,16,17,18,21). The summed E-state index contributed by atoms with van der Waals surface area (Å²) in [6, 6.07) is -0.180. The number of nitrogens with zero attached hydrogens (tertiary/aromatic N) is 2. The molecule has 2 heterocycles. The molecule has 1 aliphatic rings. The SMILES string of the molecule is CC(C)NC(=O)Nc1nc2c(s1)CN(C(=O)CCCCl)CC2. The van der Waals surface area contributed by atoms with Crippen LogP contribution in [0.4, 0.5) is 9.93 Å². The molecule has 122 valence electrons. The van der Waals surface area contributed by atoms with Crippen LogP contribution in [-0.4, -0.2) is 40.3 Å². The van der Waals surface area contributed by atoms with Gasteiger partial charge in [-0.3, -0.25) is 10.1 Å². The minimum Gasteiger partial charge on any atom is -0.337 e. The first-order valence-corrected chi connectivity index (χ1v) is 8.74. The molecule has 0 unspecified atom stereocenters. The number of halogens is 1. The molecule has 1 aromatic heterocycles. The van der Waals surface area contributed by atoms with Crippen LogP contribution < -0.4 is 10.6 Å². The third-order valence-corrected chi connectivity index (χ3v) is 4.51. The summed E-state index contributed by atoms with van der Waals surface area (Å²) in [5, 5.41) is 6.09. The molecule has 0 saturated heterocycles. The van der Waals surface area contributed by atoms with E-state index in [0.29, 0.717) is 36.9 Å². The topological polar surface area (TPSA) is 74.3 Å². The van der Waals surface area contributed by atoms with Gasteiger partial charge in [-0.25, -0.2) is 9.78 Å². The third-order valence-electron chi connectivity index (χ3n) is 3.25. The predicted octanol–water partition coefficient (Wildman–Crippen LogP) is 2.58. The van der Waals surface area contributed by atoms with Gasteiger partial charge in [-0.05, 0) is 20.3 Å². The van der Waals surface area contributed by atoms with Crippen LogP contribution in [0.15, 0.2) is 0 Å². The fourth-order valence-corrected chi connectivity index (χ4v) is 3.39. The number of urea groups is 1. The van der Waals surface area contributed by atoms with Crippen molar-refractivity contribution in [2.75, 3.05) is 17.7 Å². The highest BCUT2D eigenvalue weighted by atomic mass is 35.5. The predicted molar refractivity (Wildman–Crippen MR) is 88.5 cm³/mol. The fourth-order valence-electron chi connectivity index (χ4n) is 2.23. The zero-order chi connectivity index (χ0) is 16.1. The number of alkyl halides is 1. The van der Waals surface area contributed by atoms with E-state index in [1.807, 2.05) is 18.7 Å². The number of carbonyl (C=O) groups excluding carboxylic acids is 2. The monoisotopic (exact) mass is 344 g/mol. The minimum absolute atomic E-state index is 0.0737. The Hall–Kier alpha value is -1.34. The Bertz CT molecular complexity index is 547. The summed E-state index contributed by atoms with van der Waals surface area (Å²) in [7, 11) is 0. The van der Waals surface area contributed by atoms with Crippen molar-refractivity contribution in [1.29, 1.82) is 0 Å². The van der Waals surface area contributed by atoms with Crippen molar-refractivity contribution >= 4 is 40.0 Å². The number of rotatable bonds is 5. The van der Waals surface area contributed by atoms with Crippen LogP contribution in [0.2, 0.25) is 0 Å². The number of hydrogen-bond acceptors (Lipinski definition) is 4. The summed E-state index contributed by atoms with van der Waals surface area (Å²) < 4.78 is 0. The second-order valence-electron chi connectivity index (χ2n) is 5.50. The third kappa shape index (κ3) is 4.58. The maximum atomic E-state index is 12.0. The van der Waals surface area contributed by atoms with Crippen LogP contribution in [0, 0.1) is 0 Å². The summed E-state index contributed by atoms with van der Waals surface area (Å²) in [6.07, 6.45) is 1.92. The molecular formula is C14H21ClN4O2S. The van der Waals surface area contributed by atoms with Gasteiger partial charge >= 0.3 is 6.03 Å². The lowest BCUT2D eigenvalue weighted by molar-refractivity contribution is -0.132. The summed E-state index contributed by atoms with van der Waals surface area (Å²) in [4.78, 5) is 31.1. The number of thiazole rings is 1. The zero-order valence-electron chi connectivity index (χ0n) is 12.8. The van der Waals surface area contributed by atoms with Gasteiger partial charge in [-0.2, -0.15) is 0 Å². The van der Waals surface area contributed by atoms with Gasteiger partial charge in [0.1, 0.15) is 0 Å². The quantitative estimate of drug-likeness (QED) is 0.806. The van der Waals surface area contributed by atoms with Gasteiger partial charge in [-0.1, -0.05) is 11.3 Å². The van der Waals surface area contributed by atoms with Crippen molar-refractivity contribution in [3.8, 4) is 0 Å². The first-order valence-electron chi connectivity index (χ1n) is 7.39. The lowest BCUT2D eigenvalue weighted by Crippen LogP contribution is -2.35. The number of hydrogen-bond donors (Lipinski definition) is 2. The summed E-state index contributed by atoms with van der Waals surface area (Å²) in [5.41, 5.74) is 0.978. The summed E-state index contributed by atoms with van der Waals surface area (Å²) >= 11 is 7.06. The van der Waals surface area contributed by atoms with Crippen molar-refractivity contribution in [2.45, 2.75) is 45.7 Å². The molecule has 2 N–H and O–H groups in total. The van der Waals surface area contributed by atoms with Crippen LogP contribution in [0.25, 0.3) is 0 Å². The first-order chi connectivity index (χ1) is 10.5. The molecule has 0 aromatic carbocycles.